The minimum atomic E-state index is -4.78. The molecule has 0 spiro atoms. The third-order valence-electron chi connectivity index (χ3n) is 3.39. The van der Waals surface area contributed by atoms with Crippen molar-refractivity contribution in [2.75, 3.05) is 0 Å². The topological polar surface area (TPSA) is 17.1 Å². The highest BCUT2D eigenvalue weighted by Gasteiger charge is 2.50. The van der Waals surface area contributed by atoms with Gasteiger partial charge in [-0.15, -0.1) is 0 Å². The number of halogens is 4. The van der Waals surface area contributed by atoms with Crippen LogP contribution >= 0.6 is 0 Å². The summed E-state index contributed by atoms with van der Waals surface area (Å²) in [5.74, 6) is -1.95. The summed E-state index contributed by atoms with van der Waals surface area (Å²) in [4.78, 5) is 11.9. The van der Waals surface area contributed by atoms with E-state index < -0.39 is 17.6 Å². The highest BCUT2D eigenvalue weighted by Crippen LogP contribution is 2.53. The van der Waals surface area contributed by atoms with Gasteiger partial charge in [-0.1, -0.05) is 13.8 Å². The van der Waals surface area contributed by atoms with Gasteiger partial charge in [-0.3, -0.25) is 4.79 Å². The number of hydrogen-bond acceptors (Lipinski definition) is 1. The molecule has 0 bridgehead atoms. The fourth-order valence-electron chi connectivity index (χ4n) is 2.01. The number of carbonyl (C=O) groups is 1. The molecule has 1 aliphatic rings. The zero-order valence-electron chi connectivity index (χ0n) is 9.94. The molecule has 5 heteroatoms. The summed E-state index contributed by atoms with van der Waals surface area (Å²) in [5, 5.41) is 0. The lowest BCUT2D eigenvalue weighted by Gasteiger charge is -2.10. The molecule has 0 saturated heterocycles. The number of rotatable bonds is 2. The first kappa shape index (κ1) is 13.1. The predicted molar refractivity (Wildman–Crippen MR) is 57.6 cm³/mol. The molecule has 1 atom stereocenters. The Hall–Kier alpha value is -1.39. The van der Waals surface area contributed by atoms with E-state index in [0.717, 1.165) is 6.07 Å². The zero-order valence-corrected chi connectivity index (χ0v) is 9.94. The Morgan fingerprint density at radius 1 is 1.33 bits per heavy atom. The Kier molecular flexibility index (Phi) is 2.76. The van der Waals surface area contributed by atoms with E-state index in [0.29, 0.717) is 18.6 Å². The minimum absolute atomic E-state index is 0.0701. The molecular formula is C13H12F4O. The Morgan fingerprint density at radius 3 is 2.33 bits per heavy atom. The van der Waals surface area contributed by atoms with Gasteiger partial charge in [0.2, 0.25) is 0 Å². The van der Waals surface area contributed by atoms with E-state index in [1.807, 2.05) is 13.8 Å². The monoisotopic (exact) mass is 260 g/mol. The Bertz CT molecular complexity index is 502. The van der Waals surface area contributed by atoms with Crippen molar-refractivity contribution >= 4 is 5.78 Å². The molecule has 1 saturated carbocycles. The van der Waals surface area contributed by atoms with Crippen molar-refractivity contribution in [1.29, 1.82) is 0 Å². The molecule has 1 aromatic rings. The molecule has 0 heterocycles. The normalized spacial score (nSPS) is 21.8. The zero-order chi connectivity index (χ0) is 13.7. The highest BCUT2D eigenvalue weighted by molar-refractivity contribution is 6.00. The number of ketones is 1. The van der Waals surface area contributed by atoms with Gasteiger partial charge in [0.1, 0.15) is 5.82 Å². The van der Waals surface area contributed by atoms with Crippen LogP contribution in [0, 0.1) is 17.2 Å². The predicted octanol–water partition coefficient (Wildman–Crippen LogP) is 4.07. The average Bonchev–Trinajstić information content (AvgIpc) is 2.86. The van der Waals surface area contributed by atoms with Crippen LogP contribution < -0.4 is 0 Å². The van der Waals surface area contributed by atoms with Crippen molar-refractivity contribution in [2.24, 2.45) is 11.3 Å². The smallest absolute Gasteiger partial charge is 0.294 e. The highest BCUT2D eigenvalue weighted by atomic mass is 19.4. The molecule has 0 radical (unpaired) electrons. The van der Waals surface area contributed by atoms with Gasteiger partial charge in [-0.25, -0.2) is 4.39 Å². The van der Waals surface area contributed by atoms with Crippen molar-refractivity contribution in [3.8, 4) is 0 Å². The largest absolute Gasteiger partial charge is 0.419 e. The molecule has 1 aliphatic carbocycles. The van der Waals surface area contributed by atoms with Crippen LogP contribution in [0.4, 0.5) is 17.6 Å². The van der Waals surface area contributed by atoms with Gasteiger partial charge in [0.25, 0.3) is 0 Å². The summed E-state index contributed by atoms with van der Waals surface area (Å²) in [6.45, 7) is 3.76. The van der Waals surface area contributed by atoms with Gasteiger partial charge in [0.05, 0.1) is 5.56 Å². The van der Waals surface area contributed by atoms with Crippen molar-refractivity contribution in [3.63, 3.8) is 0 Å². The second-order valence-electron chi connectivity index (χ2n) is 5.30. The molecule has 98 valence electrons. The first-order valence-electron chi connectivity index (χ1n) is 5.54. The molecule has 1 unspecified atom stereocenters. The van der Waals surface area contributed by atoms with E-state index in [1.165, 1.54) is 0 Å². The summed E-state index contributed by atoms with van der Waals surface area (Å²) in [6.07, 6.45) is -4.12. The Balaban J connectivity index is 2.34. The Labute approximate surface area is 102 Å². The number of alkyl halides is 3. The molecule has 1 nitrogen and oxygen atoms in total. The van der Waals surface area contributed by atoms with Gasteiger partial charge >= 0.3 is 6.18 Å². The average molecular weight is 260 g/mol. The van der Waals surface area contributed by atoms with Crippen LogP contribution in [0.5, 0.6) is 0 Å². The van der Waals surface area contributed by atoms with E-state index in [9.17, 15) is 22.4 Å². The van der Waals surface area contributed by atoms with Crippen LogP contribution in [0.15, 0.2) is 18.2 Å². The maximum atomic E-state index is 13.1. The summed E-state index contributed by atoms with van der Waals surface area (Å²) in [6, 6.07) is 2.42. The van der Waals surface area contributed by atoms with Crippen LogP contribution in [0.25, 0.3) is 0 Å². The maximum Gasteiger partial charge on any atom is 0.419 e. The molecule has 0 amide bonds. The van der Waals surface area contributed by atoms with Gasteiger partial charge < -0.3 is 0 Å². The van der Waals surface area contributed by atoms with Crippen LogP contribution in [-0.4, -0.2) is 5.78 Å². The van der Waals surface area contributed by atoms with E-state index in [4.69, 9.17) is 0 Å². The van der Waals surface area contributed by atoms with Gasteiger partial charge in [-0.05, 0) is 30.0 Å². The standard InChI is InChI=1S/C13H12F4O/c1-12(2)6-9(12)11(18)7-3-4-10(14)8(5-7)13(15,16)17/h3-5,9H,6H2,1-2H3. The van der Waals surface area contributed by atoms with Crippen molar-refractivity contribution in [1.82, 2.24) is 0 Å². The minimum Gasteiger partial charge on any atom is -0.294 e. The summed E-state index contributed by atoms with van der Waals surface area (Å²) >= 11 is 0. The number of benzene rings is 1. The SMILES string of the molecule is CC1(C)CC1C(=O)c1ccc(F)c(C(F)(F)F)c1. The number of hydrogen-bond donors (Lipinski definition) is 0. The number of carbonyl (C=O) groups excluding carboxylic acids is 1. The lowest BCUT2D eigenvalue weighted by Crippen LogP contribution is -2.12. The first-order valence-corrected chi connectivity index (χ1v) is 5.54. The molecule has 0 aromatic heterocycles. The van der Waals surface area contributed by atoms with Gasteiger partial charge in [0.15, 0.2) is 5.78 Å². The molecule has 1 aromatic carbocycles. The summed E-state index contributed by atoms with van der Waals surface area (Å²) < 4.78 is 50.6. The lowest BCUT2D eigenvalue weighted by atomic mass is 9.99. The molecular weight excluding hydrogens is 248 g/mol. The van der Waals surface area contributed by atoms with E-state index >= 15 is 0 Å². The molecule has 1 fully saturated rings. The van der Waals surface area contributed by atoms with Crippen LogP contribution in [0.2, 0.25) is 0 Å². The third-order valence-corrected chi connectivity index (χ3v) is 3.39. The molecule has 0 N–H and O–H groups in total. The quantitative estimate of drug-likeness (QED) is 0.578. The van der Waals surface area contributed by atoms with E-state index in [-0.39, 0.29) is 22.7 Å². The third kappa shape index (κ3) is 2.26. The van der Waals surface area contributed by atoms with E-state index in [1.54, 1.807) is 0 Å². The van der Waals surface area contributed by atoms with E-state index in [2.05, 4.69) is 0 Å². The van der Waals surface area contributed by atoms with Gasteiger partial charge in [0, 0.05) is 11.5 Å². The van der Waals surface area contributed by atoms with Crippen LogP contribution in [0.1, 0.15) is 36.2 Å². The first-order chi connectivity index (χ1) is 8.13. The Morgan fingerprint density at radius 2 is 1.89 bits per heavy atom. The fraction of sp³-hybridized carbons (Fsp3) is 0.462. The molecule has 0 aliphatic heterocycles. The fourth-order valence-corrected chi connectivity index (χ4v) is 2.01. The van der Waals surface area contributed by atoms with Crippen molar-refractivity contribution < 1.29 is 22.4 Å². The maximum absolute atomic E-state index is 13.1. The van der Waals surface area contributed by atoms with Crippen molar-refractivity contribution in [2.45, 2.75) is 26.4 Å². The van der Waals surface area contributed by atoms with Crippen LogP contribution in [0.3, 0.4) is 0 Å². The van der Waals surface area contributed by atoms with Gasteiger partial charge in [-0.2, -0.15) is 13.2 Å². The second kappa shape index (κ2) is 3.80. The molecule has 2 rings (SSSR count). The second-order valence-corrected chi connectivity index (χ2v) is 5.30. The van der Waals surface area contributed by atoms with Crippen LogP contribution in [-0.2, 0) is 6.18 Å². The summed E-state index contributed by atoms with van der Waals surface area (Å²) in [5.41, 5.74) is -1.62. The van der Waals surface area contributed by atoms with Crippen molar-refractivity contribution in [3.05, 3.63) is 35.1 Å². The molecule has 18 heavy (non-hydrogen) atoms. The summed E-state index contributed by atoms with van der Waals surface area (Å²) in [7, 11) is 0. The lowest BCUT2D eigenvalue weighted by molar-refractivity contribution is -0.140. The number of Topliss-reactive ketones (excluding diaryl/α,β-unsaturated/α-hetero) is 1.